The summed E-state index contributed by atoms with van der Waals surface area (Å²) in [6.45, 7) is 3.01. The van der Waals surface area contributed by atoms with Crippen molar-refractivity contribution in [2.75, 3.05) is 5.75 Å². The molecule has 1 heterocycles. The molecule has 2 fully saturated rings. The average Bonchev–Trinajstić information content (AvgIpc) is 3.28. The van der Waals surface area contributed by atoms with Crippen LogP contribution in [0.4, 0.5) is 0 Å². The predicted octanol–water partition coefficient (Wildman–Crippen LogP) is 3.96. The van der Waals surface area contributed by atoms with Gasteiger partial charge in [0.25, 0.3) is 0 Å². The van der Waals surface area contributed by atoms with Crippen LogP contribution in [0.5, 0.6) is 0 Å². The number of nitrogens with zero attached hydrogens (tertiary/aromatic N) is 3. The summed E-state index contributed by atoms with van der Waals surface area (Å²) in [6.07, 6.45) is 13.9. The minimum absolute atomic E-state index is 0.131. The summed E-state index contributed by atoms with van der Waals surface area (Å²) in [5, 5.41) is 12.8. The number of amides is 1. The van der Waals surface area contributed by atoms with Gasteiger partial charge >= 0.3 is 0 Å². The molecule has 2 aliphatic rings. The lowest BCUT2D eigenvalue weighted by Crippen LogP contribution is -2.33. The van der Waals surface area contributed by atoms with Crippen LogP contribution in [0.3, 0.4) is 0 Å². The van der Waals surface area contributed by atoms with E-state index in [4.69, 9.17) is 0 Å². The molecule has 2 aliphatic carbocycles. The molecular formula is C19H32N4OS. The summed E-state index contributed by atoms with van der Waals surface area (Å²) in [5.41, 5.74) is 0. The molecule has 25 heavy (non-hydrogen) atoms. The Labute approximate surface area is 155 Å². The molecule has 5 nitrogen and oxygen atoms in total. The predicted molar refractivity (Wildman–Crippen MR) is 102 cm³/mol. The van der Waals surface area contributed by atoms with Gasteiger partial charge in [0.1, 0.15) is 5.82 Å². The van der Waals surface area contributed by atoms with Gasteiger partial charge in [-0.3, -0.25) is 4.79 Å². The van der Waals surface area contributed by atoms with E-state index in [0.29, 0.717) is 11.8 Å². The summed E-state index contributed by atoms with van der Waals surface area (Å²) >= 11 is 1.52. The van der Waals surface area contributed by atoms with Crippen molar-refractivity contribution in [3.8, 4) is 0 Å². The number of hydrogen-bond donors (Lipinski definition) is 1. The Balaban J connectivity index is 1.47. The van der Waals surface area contributed by atoms with Crippen molar-refractivity contribution in [2.24, 2.45) is 5.92 Å². The van der Waals surface area contributed by atoms with Gasteiger partial charge in [-0.15, -0.1) is 10.2 Å². The molecule has 0 atom stereocenters. The van der Waals surface area contributed by atoms with Gasteiger partial charge < -0.3 is 9.88 Å². The molecule has 6 heteroatoms. The molecule has 1 amide bonds. The van der Waals surface area contributed by atoms with Crippen LogP contribution in [0.1, 0.15) is 77.0 Å². The van der Waals surface area contributed by atoms with Crippen LogP contribution < -0.4 is 5.32 Å². The third kappa shape index (κ3) is 5.47. The number of hydrogen-bond acceptors (Lipinski definition) is 4. The van der Waals surface area contributed by atoms with Gasteiger partial charge in [-0.25, -0.2) is 0 Å². The summed E-state index contributed by atoms with van der Waals surface area (Å²) in [7, 11) is 0. The number of nitrogens with one attached hydrogen (secondary N) is 1. The maximum Gasteiger partial charge on any atom is 0.230 e. The molecule has 0 bridgehead atoms. The zero-order valence-corrected chi connectivity index (χ0v) is 16.3. The molecule has 0 spiro atoms. The Morgan fingerprint density at radius 3 is 2.56 bits per heavy atom. The lowest BCUT2D eigenvalue weighted by Gasteiger charge is -2.21. The molecule has 1 aromatic rings. The molecular weight excluding hydrogens is 332 g/mol. The van der Waals surface area contributed by atoms with Crippen molar-refractivity contribution in [1.29, 1.82) is 0 Å². The fourth-order valence-corrected chi connectivity index (χ4v) is 5.04. The molecule has 0 unspecified atom stereocenters. The van der Waals surface area contributed by atoms with Crippen LogP contribution in [0, 0.1) is 5.92 Å². The van der Waals surface area contributed by atoms with E-state index in [1.807, 2.05) is 0 Å². The largest absolute Gasteiger partial charge is 0.353 e. The van der Waals surface area contributed by atoms with E-state index < -0.39 is 0 Å². The molecule has 1 N–H and O–H groups in total. The highest BCUT2D eigenvalue weighted by Gasteiger charge is 2.19. The van der Waals surface area contributed by atoms with E-state index in [-0.39, 0.29) is 5.91 Å². The molecule has 0 aliphatic heterocycles. The quantitative estimate of drug-likeness (QED) is 0.709. The van der Waals surface area contributed by atoms with Crippen LogP contribution >= 0.6 is 11.8 Å². The molecule has 0 aromatic carbocycles. The Morgan fingerprint density at radius 1 is 1.12 bits per heavy atom. The second kappa shape index (κ2) is 9.60. The summed E-state index contributed by atoms with van der Waals surface area (Å²) in [6, 6.07) is 0.392. The first-order valence-electron chi connectivity index (χ1n) is 10.1. The zero-order chi connectivity index (χ0) is 17.5. The van der Waals surface area contributed by atoms with Crippen LogP contribution in [-0.4, -0.2) is 32.5 Å². The van der Waals surface area contributed by atoms with E-state index in [2.05, 4.69) is 27.0 Å². The smallest absolute Gasteiger partial charge is 0.230 e. The Kier molecular flexibility index (Phi) is 7.20. The normalized spacial score (nSPS) is 19.4. The van der Waals surface area contributed by atoms with Gasteiger partial charge in [-0.05, 0) is 32.1 Å². The Bertz CT molecular complexity index is 548. The maximum atomic E-state index is 12.1. The molecule has 140 valence electrons. The summed E-state index contributed by atoms with van der Waals surface area (Å²) in [5.74, 6) is 2.53. The van der Waals surface area contributed by atoms with Gasteiger partial charge in [-0.2, -0.15) is 0 Å². The van der Waals surface area contributed by atoms with E-state index in [0.717, 1.165) is 42.7 Å². The second-order valence-corrected chi connectivity index (χ2v) is 8.47. The first kappa shape index (κ1) is 18.7. The van der Waals surface area contributed by atoms with Gasteiger partial charge in [-0.1, -0.05) is 56.7 Å². The van der Waals surface area contributed by atoms with Crippen molar-refractivity contribution in [3.63, 3.8) is 0 Å². The van der Waals surface area contributed by atoms with Gasteiger partial charge in [0.15, 0.2) is 5.16 Å². The number of aryl methyl sites for hydroxylation is 1. The number of thioether (sulfide) groups is 1. The summed E-state index contributed by atoms with van der Waals surface area (Å²) < 4.78 is 2.19. The van der Waals surface area contributed by atoms with Crippen molar-refractivity contribution < 1.29 is 4.79 Å². The van der Waals surface area contributed by atoms with Crippen molar-refractivity contribution in [3.05, 3.63) is 5.82 Å². The van der Waals surface area contributed by atoms with E-state index in [1.165, 1.54) is 63.1 Å². The average molecular weight is 365 g/mol. The molecule has 0 saturated heterocycles. The fraction of sp³-hybridized carbons (Fsp3) is 0.842. The standard InChI is InChI=1S/C19H32N4OS/c1-2-23-17(13-12-15-8-4-3-5-9-15)21-22-19(23)25-14-18(24)20-16-10-6-7-11-16/h15-16H,2-14H2,1H3,(H,20,24). The lowest BCUT2D eigenvalue weighted by atomic mass is 9.86. The van der Waals surface area contributed by atoms with Crippen LogP contribution in [0.2, 0.25) is 0 Å². The minimum atomic E-state index is 0.131. The topological polar surface area (TPSA) is 59.8 Å². The van der Waals surface area contributed by atoms with Gasteiger partial charge in [0.2, 0.25) is 5.91 Å². The number of carbonyl (C=O) groups excluding carboxylic acids is 1. The third-order valence-electron chi connectivity index (χ3n) is 5.66. The number of aromatic nitrogens is 3. The lowest BCUT2D eigenvalue weighted by molar-refractivity contribution is -0.119. The highest BCUT2D eigenvalue weighted by Crippen LogP contribution is 2.28. The van der Waals surface area contributed by atoms with Crippen LogP contribution in [0.15, 0.2) is 5.16 Å². The van der Waals surface area contributed by atoms with E-state index >= 15 is 0 Å². The first-order valence-corrected chi connectivity index (χ1v) is 11.1. The van der Waals surface area contributed by atoms with E-state index in [9.17, 15) is 4.79 Å². The maximum absolute atomic E-state index is 12.1. The monoisotopic (exact) mass is 364 g/mol. The Hall–Kier alpha value is -1.04. The Morgan fingerprint density at radius 2 is 1.84 bits per heavy atom. The van der Waals surface area contributed by atoms with Gasteiger partial charge in [0.05, 0.1) is 5.75 Å². The number of carbonyl (C=O) groups is 1. The fourth-order valence-electron chi connectivity index (χ4n) is 4.21. The van der Waals surface area contributed by atoms with Crippen molar-refractivity contribution >= 4 is 17.7 Å². The van der Waals surface area contributed by atoms with Gasteiger partial charge in [0, 0.05) is 19.0 Å². The molecule has 3 rings (SSSR count). The highest BCUT2D eigenvalue weighted by atomic mass is 32.2. The molecule has 2 saturated carbocycles. The second-order valence-electron chi connectivity index (χ2n) is 7.52. The van der Waals surface area contributed by atoms with Crippen molar-refractivity contribution in [1.82, 2.24) is 20.1 Å². The zero-order valence-electron chi connectivity index (χ0n) is 15.5. The SMILES string of the molecule is CCn1c(CCC2CCCCC2)nnc1SCC(=O)NC1CCCC1. The number of rotatable bonds is 8. The third-order valence-corrected chi connectivity index (χ3v) is 6.63. The van der Waals surface area contributed by atoms with E-state index in [1.54, 1.807) is 0 Å². The highest BCUT2D eigenvalue weighted by molar-refractivity contribution is 7.99. The summed E-state index contributed by atoms with van der Waals surface area (Å²) in [4.78, 5) is 12.1. The van der Waals surface area contributed by atoms with Crippen LogP contribution in [-0.2, 0) is 17.8 Å². The minimum Gasteiger partial charge on any atom is -0.353 e. The van der Waals surface area contributed by atoms with Crippen molar-refractivity contribution in [2.45, 2.75) is 95.3 Å². The molecule has 1 aromatic heterocycles. The van der Waals surface area contributed by atoms with Crippen LogP contribution in [0.25, 0.3) is 0 Å². The first-order chi connectivity index (χ1) is 12.3. The molecule has 0 radical (unpaired) electrons.